The number of alkyl halides is 3. The first-order chi connectivity index (χ1) is 14.7. The highest BCUT2D eigenvalue weighted by atomic mass is 127. The van der Waals surface area contributed by atoms with Crippen molar-refractivity contribution in [3.63, 3.8) is 0 Å². The summed E-state index contributed by atoms with van der Waals surface area (Å²) in [6.07, 6.45) is -1.84. The molecule has 0 radical (unpaired) electrons. The Morgan fingerprint density at radius 2 is 1.39 bits per heavy atom. The molecular formula is C23H16F5IO2. The third kappa shape index (κ3) is 4.85. The second-order valence-corrected chi connectivity index (χ2v) is 8.52. The van der Waals surface area contributed by atoms with Crippen LogP contribution in [-0.2, 0) is 10.8 Å². The van der Waals surface area contributed by atoms with Crippen molar-refractivity contribution in [2.75, 3.05) is 0 Å². The van der Waals surface area contributed by atoms with E-state index in [1.165, 1.54) is 24.3 Å². The molecule has 1 fully saturated rings. The molecule has 1 saturated heterocycles. The molecule has 1 heterocycles. The van der Waals surface area contributed by atoms with Gasteiger partial charge < -0.3 is 9.47 Å². The second kappa shape index (κ2) is 8.74. The fourth-order valence-electron chi connectivity index (χ4n) is 3.39. The number of ether oxygens (including phenoxy) is 2. The van der Waals surface area contributed by atoms with Gasteiger partial charge in [-0.3, -0.25) is 0 Å². The predicted molar refractivity (Wildman–Crippen MR) is 114 cm³/mol. The zero-order valence-corrected chi connectivity index (χ0v) is 18.1. The van der Waals surface area contributed by atoms with Crippen LogP contribution in [0.5, 0.6) is 5.75 Å². The summed E-state index contributed by atoms with van der Waals surface area (Å²) in [5.41, 5.74) is 2.11. The maximum Gasteiger partial charge on any atom is 0.426 e. The van der Waals surface area contributed by atoms with E-state index in [4.69, 9.17) is 4.74 Å². The quantitative estimate of drug-likeness (QED) is 0.143. The average molecular weight is 546 g/mol. The van der Waals surface area contributed by atoms with Crippen LogP contribution in [0.15, 0.2) is 60.7 Å². The van der Waals surface area contributed by atoms with Gasteiger partial charge in [0.1, 0.15) is 9.86 Å². The summed E-state index contributed by atoms with van der Waals surface area (Å²) in [5, 5.41) is 0. The Balaban J connectivity index is 1.49. The molecule has 2 nitrogen and oxygen atoms in total. The van der Waals surface area contributed by atoms with Gasteiger partial charge in [0.25, 0.3) is 0 Å². The van der Waals surface area contributed by atoms with Gasteiger partial charge >= 0.3 is 6.11 Å². The maximum atomic E-state index is 14.4. The summed E-state index contributed by atoms with van der Waals surface area (Å²) in [6, 6.07) is 13.8. The van der Waals surface area contributed by atoms with E-state index in [9.17, 15) is 22.0 Å². The van der Waals surface area contributed by atoms with Crippen molar-refractivity contribution in [1.29, 1.82) is 0 Å². The maximum absolute atomic E-state index is 14.4. The second-order valence-electron chi connectivity index (χ2n) is 7.13. The lowest BCUT2D eigenvalue weighted by atomic mass is 10.00. The molecule has 0 bridgehead atoms. The molecule has 8 heteroatoms. The zero-order valence-electron chi connectivity index (χ0n) is 15.9. The Kier molecular flexibility index (Phi) is 6.20. The molecule has 1 aliphatic heterocycles. The van der Waals surface area contributed by atoms with Gasteiger partial charge in [-0.2, -0.15) is 8.78 Å². The summed E-state index contributed by atoms with van der Waals surface area (Å²) in [4.78, 5) is 0. The minimum Gasteiger partial charge on any atom is -0.429 e. The molecule has 0 amide bonds. The summed E-state index contributed by atoms with van der Waals surface area (Å²) in [7, 11) is 0. The molecule has 2 atom stereocenters. The van der Waals surface area contributed by atoms with E-state index >= 15 is 0 Å². The number of hydrogen-bond acceptors (Lipinski definition) is 2. The molecule has 1 aliphatic rings. The van der Waals surface area contributed by atoms with Crippen molar-refractivity contribution >= 4 is 22.6 Å². The zero-order chi connectivity index (χ0) is 22.2. The van der Waals surface area contributed by atoms with Crippen LogP contribution >= 0.6 is 22.6 Å². The Labute approximate surface area is 189 Å². The van der Waals surface area contributed by atoms with Crippen LogP contribution in [0.1, 0.15) is 30.1 Å². The fourth-order valence-corrected chi connectivity index (χ4v) is 4.10. The molecule has 0 spiro atoms. The van der Waals surface area contributed by atoms with E-state index in [1.54, 1.807) is 0 Å². The molecule has 0 aliphatic carbocycles. The molecule has 0 aromatic heterocycles. The summed E-state index contributed by atoms with van der Waals surface area (Å²) < 4.78 is 78.8. The van der Waals surface area contributed by atoms with Gasteiger partial charge in [-0.05, 0) is 41.7 Å². The summed E-state index contributed by atoms with van der Waals surface area (Å²) in [5.74, 6) is -5.79. The van der Waals surface area contributed by atoms with Crippen molar-refractivity contribution < 1.29 is 31.4 Å². The van der Waals surface area contributed by atoms with Crippen LogP contribution in [0.2, 0.25) is 0 Å². The van der Waals surface area contributed by atoms with Crippen LogP contribution in [-0.4, -0.2) is 4.11 Å². The highest BCUT2D eigenvalue weighted by Gasteiger charge is 2.35. The van der Waals surface area contributed by atoms with Crippen molar-refractivity contribution in [2.24, 2.45) is 0 Å². The van der Waals surface area contributed by atoms with E-state index in [-0.39, 0.29) is 10.2 Å². The van der Waals surface area contributed by atoms with Crippen LogP contribution in [0.4, 0.5) is 22.0 Å². The molecule has 4 rings (SSSR count). The molecule has 162 valence electrons. The third-order valence-electron chi connectivity index (χ3n) is 5.01. The van der Waals surface area contributed by atoms with Gasteiger partial charge in [-0.15, -0.1) is 0 Å². The smallest absolute Gasteiger partial charge is 0.426 e. The van der Waals surface area contributed by atoms with Crippen molar-refractivity contribution in [2.45, 2.75) is 29.2 Å². The molecule has 3 aromatic rings. The van der Waals surface area contributed by atoms with Crippen molar-refractivity contribution in [3.8, 4) is 16.9 Å². The Morgan fingerprint density at radius 3 is 1.90 bits per heavy atom. The van der Waals surface area contributed by atoms with E-state index < -0.39 is 34.9 Å². The first-order valence-corrected chi connectivity index (χ1v) is 10.7. The topological polar surface area (TPSA) is 18.5 Å². The van der Waals surface area contributed by atoms with Gasteiger partial charge in [0.2, 0.25) is 0 Å². The van der Waals surface area contributed by atoms with E-state index in [0.29, 0.717) is 17.7 Å². The fraction of sp³-hybridized carbons (Fsp3) is 0.217. The first-order valence-electron chi connectivity index (χ1n) is 9.45. The minimum absolute atomic E-state index is 0.0651. The predicted octanol–water partition coefficient (Wildman–Crippen LogP) is 7.51. The van der Waals surface area contributed by atoms with Crippen LogP contribution in [0.3, 0.4) is 0 Å². The van der Waals surface area contributed by atoms with Gasteiger partial charge in [0, 0.05) is 12.1 Å². The Hall–Kier alpha value is -2.20. The molecule has 2 unspecified atom stereocenters. The Morgan fingerprint density at radius 1 is 0.839 bits per heavy atom. The van der Waals surface area contributed by atoms with Gasteiger partial charge in [-0.25, -0.2) is 13.2 Å². The highest BCUT2D eigenvalue weighted by Crippen LogP contribution is 2.37. The van der Waals surface area contributed by atoms with Crippen LogP contribution in [0, 0.1) is 17.5 Å². The van der Waals surface area contributed by atoms with Crippen LogP contribution in [0.25, 0.3) is 11.1 Å². The highest BCUT2D eigenvalue weighted by molar-refractivity contribution is 14.1. The van der Waals surface area contributed by atoms with Crippen LogP contribution < -0.4 is 4.74 Å². The summed E-state index contributed by atoms with van der Waals surface area (Å²) in [6.45, 7) is 0. The lowest BCUT2D eigenvalue weighted by molar-refractivity contribution is -0.185. The summed E-state index contributed by atoms with van der Waals surface area (Å²) >= 11 is 2.26. The molecule has 0 saturated carbocycles. The number of benzene rings is 3. The monoisotopic (exact) mass is 546 g/mol. The first kappa shape index (κ1) is 22.0. The van der Waals surface area contributed by atoms with Crippen molar-refractivity contribution in [1.82, 2.24) is 0 Å². The lowest BCUT2D eigenvalue weighted by Crippen LogP contribution is -2.22. The normalized spacial score (nSPS) is 18.9. The molecule has 3 aromatic carbocycles. The molecular weight excluding hydrogens is 530 g/mol. The van der Waals surface area contributed by atoms with Gasteiger partial charge in [-0.1, -0.05) is 59.0 Å². The number of halogens is 6. The standard InChI is InChI=1S/C23H16F5IO2/c24-18-11-17(12-19(25)22(18)26)31-23(27,28)16-7-5-14(6-8-16)13-1-3-15(4-2-13)20-9-10-21(29)30-20/h1-8,11-12,20-21H,9-10H2. The van der Waals surface area contributed by atoms with E-state index in [0.717, 1.165) is 24.0 Å². The van der Waals surface area contributed by atoms with E-state index in [1.807, 2.05) is 24.3 Å². The van der Waals surface area contributed by atoms with Gasteiger partial charge in [0.15, 0.2) is 17.5 Å². The average Bonchev–Trinajstić information content (AvgIpc) is 3.18. The number of rotatable bonds is 5. The number of hydrogen-bond donors (Lipinski definition) is 0. The molecule has 0 N–H and O–H groups in total. The SMILES string of the molecule is Fc1cc(OC(F)(F)c2ccc(-c3ccc(C4CCC(I)O4)cc3)cc2)cc(F)c1F. The minimum atomic E-state index is -3.87. The molecule has 31 heavy (non-hydrogen) atoms. The largest absolute Gasteiger partial charge is 0.429 e. The Bertz CT molecular complexity index is 1050. The van der Waals surface area contributed by atoms with E-state index in [2.05, 4.69) is 27.3 Å². The van der Waals surface area contributed by atoms with Gasteiger partial charge in [0.05, 0.1) is 11.7 Å². The third-order valence-corrected chi connectivity index (χ3v) is 5.92. The lowest BCUT2D eigenvalue weighted by Gasteiger charge is -2.19. The van der Waals surface area contributed by atoms with Crippen molar-refractivity contribution in [3.05, 3.63) is 89.2 Å².